The molecular weight excluding hydrogens is 378 g/mol. The Morgan fingerprint density at radius 1 is 1.25 bits per heavy atom. The number of nitrogens with two attached hydrogens (primary N) is 1. The van der Waals surface area contributed by atoms with E-state index in [9.17, 15) is 14.7 Å². The summed E-state index contributed by atoms with van der Waals surface area (Å²) in [6.07, 6.45) is 8.70. The van der Waals surface area contributed by atoms with Crippen molar-refractivity contribution in [3.8, 4) is 0 Å². The number of hydrogen-bond donors (Lipinski definition) is 2. The molecule has 3 atom stereocenters. The first-order chi connectivity index (χ1) is 13.5. The molecule has 0 radical (unpaired) electrons. The normalized spacial score (nSPS) is 26.6. The van der Waals surface area contributed by atoms with Crippen LogP contribution in [0, 0.1) is 11.8 Å². The summed E-state index contributed by atoms with van der Waals surface area (Å²) in [5, 5.41) is 10.3. The van der Waals surface area contributed by atoms with Crippen molar-refractivity contribution in [1.29, 1.82) is 0 Å². The SMILES string of the molecule is NC1CC=CC2CN(c3ccc4c(=O)c(C(=O)O)cn(C5CC5)c4c3Cl)CC12. The Bertz CT molecular complexity index is 1070. The zero-order chi connectivity index (χ0) is 19.6. The van der Waals surface area contributed by atoms with Crippen molar-refractivity contribution >= 4 is 34.2 Å². The lowest BCUT2D eigenvalue weighted by Gasteiger charge is -2.25. The van der Waals surface area contributed by atoms with E-state index in [1.165, 1.54) is 6.20 Å². The maximum atomic E-state index is 12.7. The minimum atomic E-state index is -1.20. The first kappa shape index (κ1) is 17.8. The van der Waals surface area contributed by atoms with Crippen LogP contribution in [-0.2, 0) is 0 Å². The highest BCUT2D eigenvalue weighted by atomic mass is 35.5. The van der Waals surface area contributed by atoms with E-state index in [-0.39, 0.29) is 17.6 Å². The van der Waals surface area contributed by atoms with Gasteiger partial charge in [0.05, 0.1) is 16.2 Å². The Morgan fingerprint density at radius 3 is 2.71 bits per heavy atom. The number of anilines is 1. The summed E-state index contributed by atoms with van der Waals surface area (Å²) in [5.41, 5.74) is 7.17. The molecule has 2 fully saturated rings. The summed E-state index contributed by atoms with van der Waals surface area (Å²) in [6, 6.07) is 3.93. The smallest absolute Gasteiger partial charge is 0.341 e. The zero-order valence-electron chi connectivity index (χ0n) is 15.3. The third-order valence-electron chi connectivity index (χ3n) is 6.38. The lowest BCUT2D eigenvalue weighted by Crippen LogP contribution is -2.36. The molecule has 5 rings (SSSR count). The number of carboxylic acid groups (broad SMARTS) is 1. The van der Waals surface area contributed by atoms with Crippen LogP contribution in [0.1, 0.15) is 35.7 Å². The summed E-state index contributed by atoms with van der Waals surface area (Å²) in [6.45, 7) is 1.68. The molecule has 2 heterocycles. The molecule has 2 aromatic rings. The van der Waals surface area contributed by atoms with Gasteiger partial charge in [0, 0.05) is 42.7 Å². The van der Waals surface area contributed by atoms with Gasteiger partial charge in [0.1, 0.15) is 5.56 Å². The second-order valence-electron chi connectivity index (χ2n) is 8.17. The number of carboxylic acids is 1. The van der Waals surface area contributed by atoms with Crippen molar-refractivity contribution in [2.24, 2.45) is 17.6 Å². The quantitative estimate of drug-likeness (QED) is 0.774. The van der Waals surface area contributed by atoms with Gasteiger partial charge in [0.15, 0.2) is 0 Å². The highest BCUT2D eigenvalue weighted by Gasteiger charge is 2.38. The van der Waals surface area contributed by atoms with Gasteiger partial charge in [-0.15, -0.1) is 0 Å². The topological polar surface area (TPSA) is 88.6 Å². The number of fused-ring (bicyclic) bond motifs is 2. The molecule has 1 aromatic carbocycles. The number of aromatic nitrogens is 1. The Balaban J connectivity index is 1.65. The number of carbonyl (C=O) groups is 1. The third kappa shape index (κ3) is 2.66. The van der Waals surface area contributed by atoms with Gasteiger partial charge in [-0.05, 0) is 37.3 Å². The summed E-state index contributed by atoms with van der Waals surface area (Å²) in [7, 11) is 0. The predicted octanol–water partition coefficient (Wildman–Crippen LogP) is 3.03. The highest BCUT2D eigenvalue weighted by molar-refractivity contribution is 6.38. The maximum Gasteiger partial charge on any atom is 0.341 e. The van der Waals surface area contributed by atoms with Crippen LogP contribution < -0.4 is 16.1 Å². The van der Waals surface area contributed by atoms with Crippen molar-refractivity contribution in [2.75, 3.05) is 18.0 Å². The number of nitrogens with zero attached hydrogens (tertiary/aromatic N) is 2. The zero-order valence-corrected chi connectivity index (χ0v) is 16.1. The third-order valence-corrected chi connectivity index (χ3v) is 6.75. The van der Waals surface area contributed by atoms with Gasteiger partial charge in [-0.2, -0.15) is 0 Å². The fourth-order valence-corrected chi connectivity index (χ4v) is 5.11. The molecule has 1 aliphatic heterocycles. The van der Waals surface area contributed by atoms with Crippen molar-refractivity contribution in [1.82, 2.24) is 4.57 Å². The van der Waals surface area contributed by atoms with Gasteiger partial charge in [-0.3, -0.25) is 4.79 Å². The largest absolute Gasteiger partial charge is 0.477 e. The fraction of sp³-hybridized carbons (Fsp3) is 0.429. The van der Waals surface area contributed by atoms with E-state index in [2.05, 4.69) is 17.1 Å². The molecule has 0 spiro atoms. The van der Waals surface area contributed by atoms with Gasteiger partial charge >= 0.3 is 5.97 Å². The number of hydrogen-bond acceptors (Lipinski definition) is 4. The van der Waals surface area contributed by atoms with Crippen LogP contribution in [0.15, 0.2) is 35.3 Å². The monoisotopic (exact) mass is 399 g/mol. The lowest BCUT2D eigenvalue weighted by atomic mass is 9.83. The number of pyridine rings is 1. The average molecular weight is 400 g/mol. The standard InChI is InChI=1S/C21H22ClN3O3/c22-18-17(24-8-11-2-1-3-16(23)14(11)9-24)7-6-13-19(18)25(12-4-5-12)10-15(20(13)26)21(27)28/h1-2,6-7,10-12,14,16H,3-5,8-9,23H2,(H,27,28). The van der Waals surface area contributed by atoms with Gasteiger partial charge in [0.2, 0.25) is 5.43 Å². The summed E-state index contributed by atoms with van der Waals surface area (Å²) in [5.74, 6) is -0.391. The molecular formula is C21H22ClN3O3. The van der Waals surface area contributed by atoms with Gasteiger partial charge in [0.25, 0.3) is 0 Å². The van der Waals surface area contributed by atoms with Crippen LogP contribution in [0.2, 0.25) is 5.02 Å². The Labute approximate surface area is 167 Å². The second kappa shape index (κ2) is 6.36. The van der Waals surface area contributed by atoms with Crippen molar-refractivity contribution in [2.45, 2.75) is 31.3 Å². The highest BCUT2D eigenvalue weighted by Crippen LogP contribution is 2.43. The Morgan fingerprint density at radius 2 is 2.04 bits per heavy atom. The molecule has 1 saturated carbocycles. The number of rotatable bonds is 3. The Hall–Kier alpha value is -2.31. The van der Waals surface area contributed by atoms with E-state index in [0.29, 0.717) is 27.8 Å². The van der Waals surface area contributed by atoms with E-state index in [1.54, 1.807) is 6.07 Å². The molecule has 0 bridgehead atoms. The van der Waals surface area contributed by atoms with Crippen LogP contribution in [-0.4, -0.2) is 34.8 Å². The molecule has 1 aromatic heterocycles. The van der Waals surface area contributed by atoms with Crippen LogP contribution >= 0.6 is 11.6 Å². The summed E-state index contributed by atoms with van der Waals surface area (Å²) < 4.78 is 1.89. The maximum absolute atomic E-state index is 12.7. The van der Waals surface area contributed by atoms with Crippen LogP contribution in [0.4, 0.5) is 5.69 Å². The molecule has 1 saturated heterocycles. The molecule has 3 aliphatic rings. The van der Waals surface area contributed by atoms with Crippen molar-refractivity contribution < 1.29 is 9.90 Å². The minimum absolute atomic E-state index is 0.155. The molecule has 28 heavy (non-hydrogen) atoms. The van der Waals surface area contributed by atoms with E-state index >= 15 is 0 Å². The predicted molar refractivity (Wildman–Crippen MR) is 109 cm³/mol. The molecule has 7 heteroatoms. The van der Waals surface area contributed by atoms with Gasteiger partial charge in [-0.1, -0.05) is 23.8 Å². The molecule has 6 nitrogen and oxygen atoms in total. The fourth-order valence-electron chi connectivity index (χ4n) is 4.73. The average Bonchev–Trinajstić information content (AvgIpc) is 3.41. The second-order valence-corrected chi connectivity index (χ2v) is 8.55. The van der Waals surface area contributed by atoms with Crippen molar-refractivity contribution in [3.05, 3.63) is 51.3 Å². The Kier molecular flexibility index (Phi) is 4.03. The van der Waals surface area contributed by atoms with Crippen LogP contribution in [0.5, 0.6) is 0 Å². The first-order valence-electron chi connectivity index (χ1n) is 9.73. The molecule has 3 N–H and O–H groups in total. The molecule has 0 amide bonds. The number of halogens is 1. The summed E-state index contributed by atoms with van der Waals surface area (Å²) in [4.78, 5) is 26.5. The van der Waals surface area contributed by atoms with Gasteiger partial charge in [-0.25, -0.2) is 4.79 Å². The molecule has 2 aliphatic carbocycles. The molecule has 3 unspecified atom stereocenters. The number of benzene rings is 1. The summed E-state index contributed by atoms with van der Waals surface area (Å²) >= 11 is 6.84. The van der Waals surface area contributed by atoms with Crippen molar-refractivity contribution in [3.63, 3.8) is 0 Å². The van der Waals surface area contributed by atoms with Crippen LogP contribution in [0.3, 0.4) is 0 Å². The van der Waals surface area contributed by atoms with Gasteiger partial charge < -0.3 is 20.3 Å². The lowest BCUT2D eigenvalue weighted by molar-refractivity contribution is 0.0695. The number of aromatic carboxylic acids is 1. The minimum Gasteiger partial charge on any atom is -0.477 e. The molecule has 146 valence electrons. The first-order valence-corrected chi connectivity index (χ1v) is 10.1. The van der Waals surface area contributed by atoms with E-state index in [0.717, 1.165) is 38.0 Å². The van der Waals surface area contributed by atoms with E-state index in [1.807, 2.05) is 10.6 Å². The van der Waals surface area contributed by atoms with E-state index in [4.69, 9.17) is 17.3 Å². The van der Waals surface area contributed by atoms with Crippen LogP contribution in [0.25, 0.3) is 10.9 Å². The van der Waals surface area contributed by atoms with E-state index < -0.39 is 11.4 Å².